The molecule has 0 aliphatic carbocycles. The van der Waals surface area contributed by atoms with Crippen LogP contribution in [-0.2, 0) is 16.1 Å². The van der Waals surface area contributed by atoms with E-state index in [0.29, 0.717) is 17.5 Å². The summed E-state index contributed by atoms with van der Waals surface area (Å²) in [5, 5.41) is 13.9. The molecular formula is C12H12BrN3O3S. The summed E-state index contributed by atoms with van der Waals surface area (Å²) in [4.78, 5) is 15.0. The number of aromatic nitrogens is 3. The third-order valence-corrected chi connectivity index (χ3v) is 3.74. The van der Waals surface area contributed by atoms with Gasteiger partial charge in [0, 0.05) is 17.8 Å². The summed E-state index contributed by atoms with van der Waals surface area (Å²) in [6.45, 7) is 0.365. The number of carboxylic acid groups (broad SMARTS) is 1. The number of pyridine rings is 1. The number of hydrogen-bond donors (Lipinski definition) is 1. The van der Waals surface area contributed by atoms with Crippen LogP contribution in [0.25, 0.3) is 5.82 Å². The van der Waals surface area contributed by atoms with E-state index in [9.17, 15) is 4.79 Å². The Bertz CT molecular complexity index is 600. The van der Waals surface area contributed by atoms with E-state index < -0.39 is 5.97 Å². The lowest BCUT2D eigenvalue weighted by Crippen LogP contribution is -2.04. The Balaban J connectivity index is 2.33. The predicted octanol–water partition coefficient (Wildman–Crippen LogP) is 2.35. The lowest BCUT2D eigenvalue weighted by atomic mass is 10.4. The summed E-state index contributed by atoms with van der Waals surface area (Å²) >= 11 is 4.52. The van der Waals surface area contributed by atoms with E-state index in [4.69, 9.17) is 9.84 Å². The molecular weight excluding hydrogens is 346 g/mol. The molecule has 0 atom stereocenters. The van der Waals surface area contributed by atoms with Gasteiger partial charge in [-0.15, -0.1) is 0 Å². The van der Waals surface area contributed by atoms with Crippen molar-refractivity contribution in [2.75, 3.05) is 12.9 Å². The molecule has 0 saturated carbocycles. The summed E-state index contributed by atoms with van der Waals surface area (Å²) in [5.41, 5.74) is 0.727. The molecule has 0 aliphatic heterocycles. The minimum atomic E-state index is -0.875. The monoisotopic (exact) mass is 357 g/mol. The number of nitrogens with zero attached hydrogens (tertiary/aromatic N) is 3. The second kappa shape index (κ2) is 6.87. The highest BCUT2D eigenvalue weighted by molar-refractivity contribution is 9.10. The molecule has 2 aromatic rings. The largest absolute Gasteiger partial charge is 0.481 e. The molecule has 106 valence electrons. The average molecular weight is 358 g/mol. The fourth-order valence-electron chi connectivity index (χ4n) is 1.52. The van der Waals surface area contributed by atoms with Gasteiger partial charge in [0.05, 0.1) is 18.1 Å². The maximum absolute atomic E-state index is 10.7. The molecule has 8 heteroatoms. The molecule has 0 aliphatic rings. The van der Waals surface area contributed by atoms with Gasteiger partial charge in [-0.1, -0.05) is 11.8 Å². The molecule has 0 fully saturated rings. The second-order valence-electron chi connectivity index (χ2n) is 3.84. The quantitative estimate of drug-likeness (QED) is 0.799. The maximum Gasteiger partial charge on any atom is 0.313 e. The first-order chi connectivity index (χ1) is 9.60. The van der Waals surface area contributed by atoms with Gasteiger partial charge in [0.15, 0.2) is 5.82 Å². The van der Waals surface area contributed by atoms with Crippen LogP contribution < -0.4 is 0 Å². The number of aliphatic carboxylic acids is 1. The number of halogens is 1. The second-order valence-corrected chi connectivity index (χ2v) is 5.75. The Morgan fingerprint density at radius 1 is 1.55 bits per heavy atom. The van der Waals surface area contributed by atoms with Crippen LogP contribution in [0.4, 0.5) is 0 Å². The number of methoxy groups -OCH3 is 1. The van der Waals surface area contributed by atoms with E-state index in [1.54, 1.807) is 30.1 Å². The first kappa shape index (κ1) is 15.0. The molecule has 1 N–H and O–H groups in total. The van der Waals surface area contributed by atoms with E-state index in [2.05, 4.69) is 26.0 Å². The zero-order valence-electron chi connectivity index (χ0n) is 10.6. The minimum absolute atomic E-state index is 0.0331. The SMILES string of the molecule is COCc1cc(SCC(=O)O)n(-c2ccc(Br)cn2)n1. The molecule has 20 heavy (non-hydrogen) atoms. The highest BCUT2D eigenvalue weighted by Crippen LogP contribution is 2.23. The third kappa shape index (κ3) is 3.81. The molecule has 2 aromatic heterocycles. The van der Waals surface area contributed by atoms with Crippen molar-refractivity contribution in [3.8, 4) is 5.82 Å². The van der Waals surface area contributed by atoms with Gasteiger partial charge in [0.1, 0.15) is 5.03 Å². The number of carbonyl (C=O) groups is 1. The van der Waals surface area contributed by atoms with Crippen molar-refractivity contribution in [3.05, 3.63) is 34.6 Å². The first-order valence-corrected chi connectivity index (χ1v) is 7.42. The van der Waals surface area contributed by atoms with Gasteiger partial charge in [-0.25, -0.2) is 9.67 Å². The molecule has 0 bridgehead atoms. The summed E-state index contributed by atoms with van der Waals surface area (Å²) in [6.07, 6.45) is 1.67. The molecule has 0 saturated heterocycles. The van der Waals surface area contributed by atoms with E-state index >= 15 is 0 Å². The van der Waals surface area contributed by atoms with Gasteiger partial charge < -0.3 is 9.84 Å². The van der Waals surface area contributed by atoms with Crippen LogP contribution in [0.3, 0.4) is 0 Å². The standard InChI is InChI=1S/C12H12BrN3O3S/c1-19-6-9-4-11(20-7-12(17)18)16(15-9)10-3-2-8(13)5-14-10/h2-5H,6-7H2,1H3,(H,17,18). The number of rotatable bonds is 6. The number of thioether (sulfide) groups is 1. The van der Waals surface area contributed by atoms with Crippen molar-refractivity contribution in [2.45, 2.75) is 11.6 Å². The number of ether oxygens (including phenoxy) is 1. The molecule has 2 heterocycles. The van der Waals surface area contributed by atoms with Gasteiger partial charge in [-0.2, -0.15) is 5.10 Å². The van der Waals surface area contributed by atoms with E-state index in [1.807, 2.05) is 6.07 Å². The zero-order valence-corrected chi connectivity index (χ0v) is 13.0. The van der Waals surface area contributed by atoms with Gasteiger partial charge in [0.2, 0.25) is 0 Å². The fraction of sp³-hybridized carbons (Fsp3) is 0.250. The van der Waals surface area contributed by atoms with E-state index in [0.717, 1.165) is 10.2 Å². The Morgan fingerprint density at radius 3 is 2.95 bits per heavy atom. The van der Waals surface area contributed by atoms with E-state index in [1.165, 1.54) is 11.8 Å². The normalized spacial score (nSPS) is 10.7. The first-order valence-electron chi connectivity index (χ1n) is 5.64. The van der Waals surface area contributed by atoms with Crippen molar-refractivity contribution in [2.24, 2.45) is 0 Å². The van der Waals surface area contributed by atoms with E-state index in [-0.39, 0.29) is 5.75 Å². The Hall–Kier alpha value is -1.38. The Kier molecular flexibility index (Phi) is 5.16. The van der Waals surface area contributed by atoms with Crippen molar-refractivity contribution >= 4 is 33.7 Å². The van der Waals surface area contributed by atoms with Gasteiger partial charge in [0.25, 0.3) is 0 Å². The lowest BCUT2D eigenvalue weighted by Gasteiger charge is -2.05. The van der Waals surface area contributed by atoms with Crippen molar-refractivity contribution in [1.82, 2.24) is 14.8 Å². The summed E-state index contributed by atoms with van der Waals surface area (Å²) in [5.74, 6) is -0.280. The number of carboxylic acids is 1. The number of hydrogen-bond acceptors (Lipinski definition) is 5. The van der Waals surface area contributed by atoms with Crippen LogP contribution >= 0.6 is 27.7 Å². The van der Waals surface area contributed by atoms with Crippen molar-refractivity contribution in [3.63, 3.8) is 0 Å². The molecule has 0 aromatic carbocycles. The van der Waals surface area contributed by atoms with Crippen molar-refractivity contribution in [1.29, 1.82) is 0 Å². The van der Waals surface area contributed by atoms with Crippen LogP contribution in [0.1, 0.15) is 5.69 Å². The van der Waals surface area contributed by atoms with Crippen LogP contribution in [0.15, 0.2) is 33.9 Å². The highest BCUT2D eigenvalue weighted by Gasteiger charge is 2.12. The molecule has 2 rings (SSSR count). The molecule has 0 radical (unpaired) electrons. The van der Waals surface area contributed by atoms with Gasteiger partial charge >= 0.3 is 5.97 Å². The topological polar surface area (TPSA) is 77.2 Å². The van der Waals surface area contributed by atoms with Crippen LogP contribution in [0.2, 0.25) is 0 Å². The third-order valence-electron chi connectivity index (χ3n) is 2.29. The molecule has 6 nitrogen and oxygen atoms in total. The van der Waals surface area contributed by atoms with Gasteiger partial charge in [-0.3, -0.25) is 4.79 Å². The Labute approximate surface area is 128 Å². The van der Waals surface area contributed by atoms with Crippen LogP contribution in [0.5, 0.6) is 0 Å². The molecule has 0 unspecified atom stereocenters. The van der Waals surface area contributed by atoms with Crippen molar-refractivity contribution < 1.29 is 14.6 Å². The minimum Gasteiger partial charge on any atom is -0.481 e. The fourth-order valence-corrected chi connectivity index (χ4v) is 2.51. The smallest absolute Gasteiger partial charge is 0.313 e. The zero-order chi connectivity index (χ0) is 14.5. The summed E-state index contributed by atoms with van der Waals surface area (Å²) in [7, 11) is 1.58. The lowest BCUT2D eigenvalue weighted by molar-refractivity contribution is -0.133. The summed E-state index contributed by atoms with van der Waals surface area (Å²) in [6, 6.07) is 5.46. The maximum atomic E-state index is 10.7. The predicted molar refractivity (Wildman–Crippen MR) is 78.1 cm³/mol. The average Bonchev–Trinajstić information content (AvgIpc) is 2.81. The van der Waals surface area contributed by atoms with Gasteiger partial charge in [-0.05, 0) is 34.1 Å². The van der Waals surface area contributed by atoms with Crippen LogP contribution in [-0.4, -0.2) is 38.7 Å². The summed E-state index contributed by atoms with van der Waals surface area (Å²) < 4.78 is 7.53. The molecule has 0 spiro atoms. The highest BCUT2D eigenvalue weighted by atomic mass is 79.9. The van der Waals surface area contributed by atoms with Crippen LogP contribution in [0, 0.1) is 0 Å². The molecule has 0 amide bonds. The Morgan fingerprint density at radius 2 is 2.35 bits per heavy atom.